The molecule has 4 aromatic carbocycles. The van der Waals surface area contributed by atoms with E-state index in [9.17, 15) is 17.6 Å². The number of rotatable bonds is 9. The summed E-state index contributed by atoms with van der Waals surface area (Å²) >= 11 is 0. The van der Waals surface area contributed by atoms with E-state index in [1.807, 2.05) is 71.6 Å². The third kappa shape index (κ3) is 5.53. The van der Waals surface area contributed by atoms with Crippen LogP contribution in [0.3, 0.4) is 0 Å². The zero-order valence-corrected chi connectivity index (χ0v) is 21.5. The molecule has 0 fully saturated rings. The summed E-state index contributed by atoms with van der Waals surface area (Å²) in [5.41, 5.74) is 2.80. The number of hydrogen-bond donors (Lipinski definition) is 0. The summed E-state index contributed by atoms with van der Waals surface area (Å²) in [6.07, 6.45) is 2.22. The van der Waals surface area contributed by atoms with Gasteiger partial charge in [-0.05, 0) is 47.9 Å². The number of fused-ring (bicyclic) bond motifs is 1. The molecule has 7 heteroatoms. The number of carbonyl (C=O) groups is 1. The largest absolute Gasteiger partial charge is 0.337 e. The maximum absolute atomic E-state index is 13.7. The molecule has 0 unspecified atom stereocenters. The zero-order chi connectivity index (χ0) is 26.5. The molecule has 192 valence electrons. The van der Waals surface area contributed by atoms with E-state index in [4.69, 9.17) is 0 Å². The van der Waals surface area contributed by atoms with E-state index in [1.54, 1.807) is 22.8 Å². The summed E-state index contributed by atoms with van der Waals surface area (Å²) < 4.78 is 42.1. The van der Waals surface area contributed by atoms with E-state index in [1.165, 1.54) is 18.3 Å². The summed E-state index contributed by atoms with van der Waals surface area (Å²) in [6.45, 7) is 0.963. The molecule has 0 spiro atoms. The SMILES string of the molecule is O=C(Cn1cc(S(=O)(=O)c2ccc(F)cc2)c2ccccc21)N(CCc1ccccc1)Cc1ccccc1. The second-order valence-corrected chi connectivity index (χ2v) is 11.1. The Hall–Kier alpha value is -4.23. The average molecular weight is 527 g/mol. The lowest BCUT2D eigenvalue weighted by Crippen LogP contribution is -2.35. The molecule has 5 rings (SSSR count). The summed E-state index contributed by atoms with van der Waals surface area (Å²) in [4.78, 5) is 15.6. The minimum Gasteiger partial charge on any atom is -0.337 e. The van der Waals surface area contributed by atoms with E-state index in [-0.39, 0.29) is 22.2 Å². The van der Waals surface area contributed by atoms with Crippen LogP contribution >= 0.6 is 0 Å². The third-order valence-electron chi connectivity index (χ3n) is 6.55. The maximum atomic E-state index is 13.7. The van der Waals surface area contributed by atoms with Crippen LogP contribution in [0.4, 0.5) is 4.39 Å². The van der Waals surface area contributed by atoms with Gasteiger partial charge >= 0.3 is 0 Å². The highest BCUT2D eigenvalue weighted by molar-refractivity contribution is 7.91. The fourth-order valence-corrected chi connectivity index (χ4v) is 6.03. The number of carbonyl (C=O) groups excluding carboxylic acids is 1. The first-order valence-corrected chi connectivity index (χ1v) is 13.8. The number of aromatic nitrogens is 1. The number of amides is 1. The fraction of sp³-hybridized carbons (Fsp3) is 0.129. The van der Waals surface area contributed by atoms with Gasteiger partial charge in [0.1, 0.15) is 12.4 Å². The van der Waals surface area contributed by atoms with Crippen LogP contribution in [0.1, 0.15) is 11.1 Å². The highest BCUT2D eigenvalue weighted by Crippen LogP contribution is 2.30. The Morgan fingerprint density at radius 2 is 1.37 bits per heavy atom. The van der Waals surface area contributed by atoms with E-state index in [0.29, 0.717) is 30.4 Å². The van der Waals surface area contributed by atoms with Crippen LogP contribution in [0, 0.1) is 5.82 Å². The van der Waals surface area contributed by atoms with Crippen LogP contribution in [0.5, 0.6) is 0 Å². The Morgan fingerprint density at radius 1 is 0.763 bits per heavy atom. The minimum atomic E-state index is -3.92. The Labute approximate surface area is 221 Å². The van der Waals surface area contributed by atoms with Crippen molar-refractivity contribution in [1.29, 1.82) is 0 Å². The highest BCUT2D eigenvalue weighted by Gasteiger charge is 2.25. The van der Waals surface area contributed by atoms with Crippen molar-refractivity contribution >= 4 is 26.6 Å². The van der Waals surface area contributed by atoms with Crippen LogP contribution in [-0.2, 0) is 34.1 Å². The van der Waals surface area contributed by atoms with Crippen LogP contribution in [0.2, 0.25) is 0 Å². The highest BCUT2D eigenvalue weighted by atomic mass is 32.2. The van der Waals surface area contributed by atoms with Gasteiger partial charge in [0.2, 0.25) is 15.7 Å². The first kappa shape index (κ1) is 25.4. The van der Waals surface area contributed by atoms with Gasteiger partial charge in [-0.1, -0.05) is 78.9 Å². The van der Waals surface area contributed by atoms with Gasteiger partial charge in [0.05, 0.1) is 9.79 Å². The summed E-state index contributed by atoms with van der Waals surface area (Å²) in [5.74, 6) is -0.623. The molecule has 5 aromatic rings. The predicted octanol–water partition coefficient (Wildman–Crippen LogP) is 5.88. The van der Waals surface area contributed by atoms with Crippen molar-refractivity contribution in [1.82, 2.24) is 9.47 Å². The van der Waals surface area contributed by atoms with E-state index < -0.39 is 15.7 Å². The monoisotopic (exact) mass is 526 g/mol. The Morgan fingerprint density at radius 3 is 2.05 bits per heavy atom. The molecule has 1 aromatic heterocycles. The van der Waals surface area contributed by atoms with Gasteiger partial charge in [-0.25, -0.2) is 12.8 Å². The number of sulfone groups is 1. The average Bonchev–Trinajstić information content (AvgIpc) is 3.31. The van der Waals surface area contributed by atoms with Crippen molar-refractivity contribution in [3.8, 4) is 0 Å². The number of benzene rings is 4. The molecule has 0 aliphatic carbocycles. The van der Waals surface area contributed by atoms with Gasteiger partial charge in [0, 0.05) is 30.2 Å². The van der Waals surface area contributed by atoms with Crippen molar-refractivity contribution in [2.24, 2.45) is 0 Å². The molecule has 1 amide bonds. The number of hydrogen-bond acceptors (Lipinski definition) is 3. The normalized spacial score (nSPS) is 11.5. The molecule has 0 atom stereocenters. The molecule has 0 N–H and O–H groups in total. The smallest absolute Gasteiger partial charge is 0.242 e. The molecule has 0 aliphatic rings. The lowest BCUT2D eigenvalue weighted by atomic mass is 10.1. The third-order valence-corrected chi connectivity index (χ3v) is 8.35. The fourth-order valence-electron chi connectivity index (χ4n) is 4.55. The van der Waals surface area contributed by atoms with Crippen LogP contribution in [0.15, 0.2) is 125 Å². The van der Waals surface area contributed by atoms with Crippen molar-refractivity contribution < 1.29 is 17.6 Å². The Kier molecular flexibility index (Phi) is 7.38. The second-order valence-electron chi connectivity index (χ2n) is 9.13. The molecule has 0 radical (unpaired) electrons. The lowest BCUT2D eigenvalue weighted by molar-refractivity contribution is -0.132. The lowest BCUT2D eigenvalue weighted by Gasteiger charge is -2.23. The maximum Gasteiger partial charge on any atom is 0.242 e. The summed E-state index contributed by atoms with van der Waals surface area (Å²) in [5, 5.41) is 0.517. The molecule has 0 saturated carbocycles. The Balaban J connectivity index is 1.46. The standard InChI is InChI=1S/C31H27FN2O3S/c32-26-15-17-27(18-16-26)38(36,37)30-22-34(29-14-8-7-13-28(29)30)23-31(35)33(21-25-11-5-2-6-12-25)20-19-24-9-3-1-4-10-24/h1-18,22H,19-21,23H2. The van der Waals surface area contributed by atoms with Gasteiger partial charge in [-0.2, -0.15) is 0 Å². The van der Waals surface area contributed by atoms with E-state index in [2.05, 4.69) is 0 Å². The van der Waals surface area contributed by atoms with Gasteiger partial charge in [-0.15, -0.1) is 0 Å². The van der Waals surface area contributed by atoms with Crippen molar-refractivity contribution in [3.63, 3.8) is 0 Å². The van der Waals surface area contributed by atoms with Crippen molar-refractivity contribution in [2.45, 2.75) is 29.3 Å². The minimum absolute atomic E-state index is 0.00157. The molecular weight excluding hydrogens is 499 g/mol. The van der Waals surface area contributed by atoms with Crippen molar-refractivity contribution in [3.05, 3.63) is 132 Å². The van der Waals surface area contributed by atoms with Crippen LogP contribution < -0.4 is 0 Å². The van der Waals surface area contributed by atoms with Gasteiger partial charge in [0.25, 0.3) is 0 Å². The molecule has 5 nitrogen and oxygen atoms in total. The number of halogens is 1. The van der Waals surface area contributed by atoms with Gasteiger partial charge < -0.3 is 9.47 Å². The van der Waals surface area contributed by atoms with Crippen molar-refractivity contribution in [2.75, 3.05) is 6.54 Å². The topological polar surface area (TPSA) is 59.4 Å². The number of para-hydroxylation sites is 1. The molecule has 0 saturated heterocycles. The van der Waals surface area contributed by atoms with E-state index in [0.717, 1.165) is 23.3 Å². The number of nitrogens with zero attached hydrogens (tertiary/aromatic N) is 2. The molecule has 0 aliphatic heterocycles. The van der Waals surface area contributed by atoms with E-state index >= 15 is 0 Å². The predicted molar refractivity (Wildman–Crippen MR) is 146 cm³/mol. The molecule has 0 bridgehead atoms. The molecule has 1 heterocycles. The van der Waals surface area contributed by atoms with Crippen LogP contribution in [-0.4, -0.2) is 30.3 Å². The Bertz CT molecular complexity index is 1650. The zero-order valence-electron chi connectivity index (χ0n) is 20.7. The summed E-state index contributed by atoms with van der Waals surface area (Å²) in [6, 6.07) is 31.7. The van der Waals surface area contributed by atoms with Gasteiger partial charge in [-0.3, -0.25) is 4.79 Å². The molecular formula is C31H27FN2O3S. The van der Waals surface area contributed by atoms with Gasteiger partial charge in [0.15, 0.2) is 0 Å². The van der Waals surface area contributed by atoms with Crippen LogP contribution in [0.25, 0.3) is 10.9 Å². The first-order valence-electron chi connectivity index (χ1n) is 12.4. The molecule has 38 heavy (non-hydrogen) atoms. The quantitative estimate of drug-likeness (QED) is 0.225. The first-order chi connectivity index (χ1) is 18.4. The second kappa shape index (κ2) is 11.0. The summed E-state index contributed by atoms with van der Waals surface area (Å²) in [7, 11) is -3.92.